The molecule has 0 aliphatic heterocycles. The maximum atomic E-state index is 12.6. The second-order valence-electron chi connectivity index (χ2n) is 8.77. The fourth-order valence-electron chi connectivity index (χ4n) is 3.01. The van der Waals surface area contributed by atoms with Gasteiger partial charge in [-0.25, -0.2) is 0 Å². The Balaban J connectivity index is 1.62. The molecule has 0 bridgehead atoms. The molecule has 1 aliphatic carbocycles. The number of amides is 2. The molecule has 2 aromatic rings. The summed E-state index contributed by atoms with van der Waals surface area (Å²) in [4.78, 5) is 24.7. The zero-order valence-corrected chi connectivity index (χ0v) is 17.8. The summed E-state index contributed by atoms with van der Waals surface area (Å²) in [7, 11) is 0. The van der Waals surface area contributed by atoms with E-state index in [9.17, 15) is 9.59 Å². The molecule has 0 aromatic heterocycles. The van der Waals surface area contributed by atoms with E-state index in [1.807, 2.05) is 49.4 Å². The molecule has 0 radical (unpaired) electrons. The fraction of sp³-hybridized carbons (Fsp3) is 0.417. The van der Waals surface area contributed by atoms with Crippen LogP contribution in [0.15, 0.2) is 42.5 Å². The van der Waals surface area contributed by atoms with Crippen LogP contribution in [-0.2, 0) is 15.0 Å². The minimum atomic E-state index is -0.653. The number of carbonyl (C=O) groups excluding carboxylic acids is 2. The van der Waals surface area contributed by atoms with Crippen molar-refractivity contribution in [3.63, 3.8) is 0 Å². The standard InChI is InChI=1S/C24H30N2O3/c1-15-20(7-6-8-21(15)26-23(28)17-9-10-17)25-22(27)16(2)29-19-13-11-18(12-14-19)24(3,4)5/h6-8,11-14,16-17H,9-10H2,1-5H3,(H,25,27)(H,26,28). The molecule has 5 heteroatoms. The molecule has 1 aliphatic rings. The van der Waals surface area contributed by atoms with Crippen LogP contribution >= 0.6 is 0 Å². The maximum absolute atomic E-state index is 12.6. The summed E-state index contributed by atoms with van der Waals surface area (Å²) < 4.78 is 5.81. The summed E-state index contributed by atoms with van der Waals surface area (Å²) in [6.07, 6.45) is 1.25. The zero-order chi connectivity index (χ0) is 21.2. The highest BCUT2D eigenvalue weighted by Crippen LogP contribution is 2.32. The van der Waals surface area contributed by atoms with Gasteiger partial charge in [0.1, 0.15) is 5.75 Å². The first-order valence-corrected chi connectivity index (χ1v) is 10.1. The number of hydrogen-bond acceptors (Lipinski definition) is 3. The Morgan fingerprint density at radius 1 is 1.00 bits per heavy atom. The van der Waals surface area contributed by atoms with E-state index in [2.05, 4.69) is 31.4 Å². The smallest absolute Gasteiger partial charge is 0.265 e. The van der Waals surface area contributed by atoms with E-state index in [1.165, 1.54) is 5.56 Å². The van der Waals surface area contributed by atoms with E-state index in [0.29, 0.717) is 11.4 Å². The molecule has 1 unspecified atom stereocenters. The number of benzene rings is 2. The summed E-state index contributed by atoms with van der Waals surface area (Å²) in [6, 6.07) is 13.3. The third kappa shape index (κ3) is 5.37. The van der Waals surface area contributed by atoms with Crippen LogP contribution in [0.2, 0.25) is 0 Å². The Bertz CT molecular complexity index is 893. The van der Waals surface area contributed by atoms with Crippen LogP contribution in [0, 0.1) is 12.8 Å². The molecule has 154 valence electrons. The van der Waals surface area contributed by atoms with Crippen molar-refractivity contribution >= 4 is 23.2 Å². The summed E-state index contributed by atoms with van der Waals surface area (Å²) in [5, 5.41) is 5.86. The zero-order valence-electron chi connectivity index (χ0n) is 17.8. The molecule has 1 saturated carbocycles. The first-order valence-electron chi connectivity index (χ1n) is 10.1. The van der Waals surface area contributed by atoms with Crippen molar-refractivity contribution in [2.24, 2.45) is 5.92 Å². The summed E-state index contributed by atoms with van der Waals surface area (Å²) in [5.74, 6) is 0.596. The van der Waals surface area contributed by atoms with E-state index < -0.39 is 6.10 Å². The number of rotatable bonds is 6. The van der Waals surface area contributed by atoms with Gasteiger partial charge in [0.2, 0.25) is 5.91 Å². The van der Waals surface area contributed by atoms with Gasteiger partial charge >= 0.3 is 0 Å². The van der Waals surface area contributed by atoms with Crippen LogP contribution in [0.3, 0.4) is 0 Å². The molecular formula is C24H30N2O3. The van der Waals surface area contributed by atoms with Gasteiger partial charge in [0.05, 0.1) is 0 Å². The lowest BCUT2D eigenvalue weighted by molar-refractivity contribution is -0.122. The highest BCUT2D eigenvalue weighted by molar-refractivity contribution is 5.98. The van der Waals surface area contributed by atoms with Gasteiger partial charge in [-0.15, -0.1) is 0 Å². The van der Waals surface area contributed by atoms with Crippen LogP contribution in [0.4, 0.5) is 11.4 Å². The SMILES string of the molecule is Cc1c(NC(=O)C2CC2)cccc1NC(=O)C(C)Oc1ccc(C(C)(C)C)cc1. The van der Waals surface area contributed by atoms with Gasteiger partial charge in [0.25, 0.3) is 5.91 Å². The quantitative estimate of drug-likeness (QED) is 0.721. The predicted octanol–water partition coefficient (Wildman–Crippen LogP) is 5.05. The van der Waals surface area contributed by atoms with E-state index in [1.54, 1.807) is 6.92 Å². The van der Waals surface area contributed by atoms with E-state index in [-0.39, 0.29) is 23.1 Å². The molecule has 0 heterocycles. The Kier molecular flexibility index (Phi) is 5.96. The van der Waals surface area contributed by atoms with Crippen molar-refractivity contribution in [2.75, 3.05) is 10.6 Å². The summed E-state index contributed by atoms with van der Waals surface area (Å²) in [5.41, 5.74) is 3.51. The molecule has 3 rings (SSSR count). The maximum Gasteiger partial charge on any atom is 0.265 e. The van der Waals surface area contributed by atoms with E-state index in [4.69, 9.17) is 4.74 Å². The normalized spacial score (nSPS) is 14.8. The highest BCUT2D eigenvalue weighted by atomic mass is 16.5. The molecule has 5 nitrogen and oxygen atoms in total. The number of carbonyl (C=O) groups is 2. The molecule has 0 saturated heterocycles. The monoisotopic (exact) mass is 394 g/mol. The lowest BCUT2D eigenvalue weighted by Crippen LogP contribution is -2.30. The van der Waals surface area contributed by atoms with Crippen molar-refractivity contribution in [3.8, 4) is 5.75 Å². The third-order valence-electron chi connectivity index (χ3n) is 5.20. The van der Waals surface area contributed by atoms with Crippen molar-refractivity contribution in [1.82, 2.24) is 0 Å². The number of nitrogens with one attached hydrogen (secondary N) is 2. The lowest BCUT2D eigenvalue weighted by Gasteiger charge is -2.20. The van der Waals surface area contributed by atoms with Crippen molar-refractivity contribution in [3.05, 3.63) is 53.6 Å². The molecular weight excluding hydrogens is 364 g/mol. The Hall–Kier alpha value is -2.82. The van der Waals surface area contributed by atoms with Crippen molar-refractivity contribution in [2.45, 2.75) is 59.0 Å². The Labute approximate surface area is 172 Å². The van der Waals surface area contributed by atoms with Gasteiger partial charge in [-0.05, 0) is 67.5 Å². The fourth-order valence-corrected chi connectivity index (χ4v) is 3.01. The van der Waals surface area contributed by atoms with E-state index in [0.717, 1.165) is 24.1 Å². The second kappa shape index (κ2) is 8.27. The minimum absolute atomic E-state index is 0.0481. The summed E-state index contributed by atoms with van der Waals surface area (Å²) in [6.45, 7) is 10.1. The van der Waals surface area contributed by atoms with Gasteiger partial charge in [-0.2, -0.15) is 0 Å². The molecule has 29 heavy (non-hydrogen) atoms. The van der Waals surface area contributed by atoms with Gasteiger partial charge in [0, 0.05) is 17.3 Å². The Morgan fingerprint density at radius 3 is 2.14 bits per heavy atom. The van der Waals surface area contributed by atoms with Crippen molar-refractivity contribution < 1.29 is 14.3 Å². The van der Waals surface area contributed by atoms with Gasteiger partial charge in [-0.3, -0.25) is 9.59 Å². The second-order valence-corrected chi connectivity index (χ2v) is 8.77. The molecule has 2 amide bonds. The lowest BCUT2D eigenvalue weighted by atomic mass is 9.87. The number of hydrogen-bond donors (Lipinski definition) is 2. The first kappa shape index (κ1) is 20.9. The van der Waals surface area contributed by atoms with Crippen LogP contribution in [0.1, 0.15) is 51.7 Å². The molecule has 2 aromatic carbocycles. The Morgan fingerprint density at radius 2 is 1.59 bits per heavy atom. The molecule has 1 fully saturated rings. The van der Waals surface area contributed by atoms with Crippen LogP contribution in [0.25, 0.3) is 0 Å². The summed E-state index contributed by atoms with van der Waals surface area (Å²) >= 11 is 0. The topological polar surface area (TPSA) is 67.4 Å². The van der Waals surface area contributed by atoms with Crippen LogP contribution in [0.5, 0.6) is 5.75 Å². The van der Waals surface area contributed by atoms with Gasteiger partial charge in [0.15, 0.2) is 6.10 Å². The average molecular weight is 395 g/mol. The van der Waals surface area contributed by atoms with Gasteiger partial charge < -0.3 is 15.4 Å². The molecule has 0 spiro atoms. The average Bonchev–Trinajstić information content (AvgIpc) is 3.50. The predicted molar refractivity (Wildman–Crippen MR) is 116 cm³/mol. The third-order valence-corrected chi connectivity index (χ3v) is 5.20. The largest absolute Gasteiger partial charge is 0.481 e. The van der Waals surface area contributed by atoms with Crippen molar-refractivity contribution in [1.29, 1.82) is 0 Å². The number of ether oxygens (including phenoxy) is 1. The van der Waals surface area contributed by atoms with E-state index >= 15 is 0 Å². The number of anilines is 2. The minimum Gasteiger partial charge on any atom is -0.481 e. The highest BCUT2D eigenvalue weighted by Gasteiger charge is 2.30. The molecule has 2 N–H and O–H groups in total. The van der Waals surface area contributed by atoms with Crippen LogP contribution < -0.4 is 15.4 Å². The first-order chi connectivity index (χ1) is 13.6. The molecule has 1 atom stereocenters. The van der Waals surface area contributed by atoms with Crippen LogP contribution in [-0.4, -0.2) is 17.9 Å². The van der Waals surface area contributed by atoms with Gasteiger partial charge in [-0.1, -0.05) is 39.0 Å².